The Kier molecular flexibility index (Phi) is 5.50. The van der Waals surface area contributed by atoms with Gasteiger partial charge in [-0.25, -0.2) is 0 Å². The molecule has 104 valence electrons. The molecular weight excluding hydrogens is 316 g/mol. The third kappa shape index (κ3) is 4.02. The van der Waals surface area contributed by atoms with Gasteiger partial charge in [0.1, 0.15) is 6.10 Å². The van der Waals surface area contributed by atoms with E-state index in [9.17, 15) is 4.79 Å². The zero-order valence-corrected chi connectivity index (χ0v) is 13.0. The summed E-state index contributed by atoms with van der Waals surface area (Å²) in [5, 5.41) is 0. The number of benzene rings is 2. The largest absolute Gasteiger partial charge is 0.365 e. The molecule has 0 N–H and O–H groups in total. The summed E-state index contributed by atoms with van der Waals surface area (Å²) < 4.78 is 6.79. The van der Waals surface area contributed by atoms with Crippen molar-refractivity contribution in [3.8, 4) is 0 Å². The predicted molar refractivity (Wildman–Crippen MR) is 83.8 cm³/mol. The minimum absolute atomic E-state index is 0.0445. The molecule has 0 aromatic heterocycles. The van der Waals surface area contributed by atoms with Crippen molar-refractivity contribution < 1.29 is 9.53 Å². The molecule has 0 aliphatic heterocycles. The van der Waals surface area contributed by atoms with E-state index in [1.807, 2.05) is 61.5 Å². The molecule has 0 radical (unpaired) electrons. The number of halogens is 1. The van der Waals surface area contributed by atoms with E-state index in [1.54, 1.807) is 0 Å². The minimum Gasteiger partial charge on any atom is -0.365 e. The maximum absolute atomic E-state index is 12.3. The van der Waals surface area contributed by atoms with E-state index < -0.39 is 6.10 Å². The van der Waals surface area contributed by atoms with Crippen molar-refractivity contribution >= 4 is 21.7 Å². The second kappa shape index (κ2) is 7.36. The van der Waals surface area contributed by atoms with E-state index in [1.165, 1.54) is 0 Å². The van der Waals surface area contributed by atoms with E-state index in [-0.39, 0.29) is 5.78 Å². The van der Waals surface area contributed by atoms with Gasteiger partial charge in [-0.1, -0.05) is 65.3 Å². The van der Waals surface area contributed by atoms with Crippen LogP contribution in [0.4, 0.5) is 0 Å². The molecule has 1 unspecified atom stereocenters. The maximum Gasteiger partial charge on any atom is 0.191 e. The normalized spacial score (nSPS) is 12.1. The molecule has 2 aromatic rings. The van der Waals surface area contributed by atoms with Gasteiger partial charge < -0.3 is 4.74 Å². The summed E-state index contributed by atoms with van der Waals surface area (Å²) in [7, 11) is 0. The molecule has 0 heterocycles. The SMILES string of the molecule is CCC(OCc1cccc(Br)c1)C(=O)c1ccccc1. The van der Waals surface area contributed by atoms with Gasteiger partial charge in [0.25, 0.3) is 0 Å². The topological polar surface area (TPSA) is 26.3 Å². The van der Waals surface area contributed by atoms with Gasteiger partial charge in [0.05, 0.1) is 6.61 Å². The molecule has 0 saturated heterocycles. The Morgan fingerprint density at radius 2 is 1.90 bits per heavy atom. The Morgan fingerprint density at radius 1 is 1.15 bits per heavy atom. The van der Waals surface area contributed by atoms with E-state index in [0.717, 1.165) is 10.0 Å². The van der Waals surface area contributed by atoms with Crippen molar-refractivity contribution in [1.82, 2.24) is 0 Å². The Hall–Kier alpha value is -1.45. The number of ketones is 1. The molecule has 20 heavy (non-hydrogen) atoms. The smallest absolute Gasteiger partial charge is 0.191 e. The summed E-state index contributed by atoms with van der Waals surface area (Å²) in [6, 6.07) is 17.2. The van der Waals surface area contributed by atoms with Crippen LogP contribution >= 0.6 is 15.9 Å². The van der Waals surface area contributed by atoms with Crippen LogP contribution in [0, 0.1) is 0 Å². The highest BCUT2D eigenvalue weighted by Crippen LogP contribution is 2.15. The van der Waals surface area contributed by atoms with Crippen LogP contribution in [-0.2, 0) is 11.3 Å². The Bertz CT molecular complexity index is 566. The van der Waals surface area contributed by atoms with Crippen molar-refractivity contribution in [3.63, 3.8) is 0 Å². The monoisotopic (exact) mass is 332 g/mol. The lowest BCUT2D eigenvalue weighted by Gasteiger charge is -2.15. The lowest BCUT2D eigenvalue weighted by atomic mass is 10.0. The van der Waals surface area contributed by atoms with Crippen molar-refractivity contribution in [1.29, 1.82) is 0 Å². The maximum atomic E-state index is 12.3. The third-order valence-electron chi connectivity index (χ3n) is 3.06. The van der Waals surface area contributed by atoms with Gasteiger partial charge in [-0.3, -0.25) is 4.79 Å². The van der Waals surface area contributed by atoms with Gasteiger partial charge >= 0.3 is 0 Å². The van der Waals surface area contributed by atoms with Gasteiger partial charge in [-0.05, 0) is 24.1 Å². The Balaban J connectivity index is 2.01. The first kappa shape index (κ1) is 14.9. The van der Waals surface area contributed by atoms with Gasteiger partial charge in [0, 0.05) is 10.0 Å². The van der Waals surface area contributed by atoms with Crippen LogP contribution in [0.1, 0.15) is 29.3 Å². The lowest BCUT2D eigenvalue weighted by molar-refractivity contribution is 0.0326. The summed E-state index contributed by atoms with van der Waals surface area (Å²) in [6.07, 6.45) is 0.276. The summed E-state index contributed by atoms with van der Waals surface area (Å²) in [6.45, 7) is 2.41. The molecule has 0 spiro atoms. The van der Waals surface area contributed by atoms with Crippen LogP contribution in [0.2, 0.25) is 0 Å². The third-order valence-corrected chi connectivity index (χ3v) is 3.55. The number of rotatable bonds is 6. The molecule has 2 aromatic carbocycles. The van der Waals surface area contributed by atoms with Gasteiger partial charge in [0.2, 0.25) is 0 Å². The Morgan fingerprint density at radius 3 is 2.55 bits per heavy atom. The van der Waals surface area contributed by atoms with Crippen LogP contribution in [0.25, 0.3) is 0 Å². The fourth-order valence-corrected chi connectivity index (χ4v) is 2.44. The first-order valence-electron chi connectivity index (χ1n) is 6.66. The van der Waals surface area contributed by atoms with Gasteiger partial charge in [-0.2, -0.15) is 0 Å². The molecule has 3 heteroatoms. The molecule has 0 amide bonds. The summed E-state index contributed by atoms with van der Waals surface area (Å²) in [4.78, 5) is 12.3. The quantitative estimate of drug-likeness (QED) is 0.721. The highest BCUT2D eigenvalue weighted by Gasteiger charge is 2.18. The van der Waals surface area contributed by atoms with Crippen LogP contribution in [0.3, 0.4) is 0 Å². The molecule has 2 rings (SSSR count). The van der Waals surface area contributed by atoms with Crippen molar-refractivity contribution in [2.24, 2.45) is 0 Å². The fraction of sp³-hybridized carbons (Fsp3) is 0.235. The van der Waals surface area contributed by atoms with E-state index in [2.05, 4.69) is 15.9 Å². The van der Waals surface area contributed by atoms with Crippen molar-refractivity contribution in [2.75, 3.05) is 0 Å². The van der Waals surface area contributed by atoms with Crippen LogP contribution in [-0.4, -0.2) is 11.9 Å². The molecule has 0 fully saturated rings. The van der Waals surface area contributed by atoms with Crippen LogP contribution < -0.4 is 0 Å². The number of ether oxygens (including phenoxy) is 1. The van der Waals surface area contributed by atoms with Crippen molar-refractivity contribution in [2.45, 2.75) is 26.1 Å². The van der Waals surface area contributed by atoms with E-state index >= 15 is 0 Å². The number of carbonyl (C=O) groups excluding carboxylic acids is 1. The van der Waals surface area contributed by atoms with Crippen LogP contribution in [0.15, 0.2) is 59.1 Å². The highest BCUT2D eigenvalue weighted by molar-refractivity contribution is 9.10. The summed E-state index contributed by atoms with van der Waals surface area (Å²) in [5.74, 6) is 0.0445. The number of Topliss-reactive ketones (excluding diaryl/α,β-unsaturated/α-hetero) is 1. The molecule has 1 atom stereocenters. The predicted octanol–water partition coefficient (Wildman–Crippen LogP) is 4.63. The molecule has 2 nitrogen and oxygen atoms in total. The first-order chi connectivity index (χ1) is 9.70. The molecule has 0 aliphatic rings. The Labute approximate surface area is 127 Å². The van der Waals surface area contributed by atoms with Gasteiger partial charge in [-0.15, -0.1) is 0 Å². The number of hydrogen-bond acceptors (Lipinski definition) is 2. The highest BCUT2D eigenvalue weighted by atomic mass is 79.9. The number of carbonyl (C=O) groups is 1. The first-order valence-corrected chi connectivity index (χ1v) is 7.45. The second-order valence-corrected chi connectivity index (χ2v) is 5.48. The average Bonchev–Trinajstić information content (AvgIpc) is 2.48. The van der Waals surface area contributed by atoms with E-state index in [0.29, 0.717) is 18.6 Å². The zero-order valence-electron chi connectivity index (χ0n) is 11.4. The molecule has 0 saturated carbocycles. The fourth-order valence-electron chi connectivity index (χ4n) is 1.99. The second-order valence-electron chi connectivity index (χ2n) is 4.57. The lowest BCUT2D eigenvalue weighted by Crippen LogP contribution is -2.23. The summed E-state index contributed by atoms with van der Waals surface area (Å²) in [5.41, 5.74) is 1.76. The van der Waals surface area contributed by atoms with Gasteiger partial charge in [0.15, 0.2) is 5.78 Å². The minimum atomic E-state index is -0.392. The van der Waals surface area contributed by atoms with E-state index in [4.69, 9.17) is 4.74 Å². The number of hydrogen-bond donors (Lipinski definition) is 0. The zero-order chi connectivity index (χ0) is 14.4. The molecular formula is C17H17BrO2. The average molecular weight is 333 g/mol. The molecule has 0 bridgehead atoms. The van der Waals surface area contributed by atoms with Crippen LogP contribution in [0.5, 0.6) is 0 Å². The molecule has 0 aliphatic carbocycles. The standard InChI is InChI=1S/C17H17BrO2/c1-2-16(17(19)14-8-4-3-5-9-14)20-12-13-7-6-10-15(18)11-13/h3-11,16H,2,12H2,1H3. The summed E-state index contributed by atoms with van der Waals surface area (Å²) >= 11 is 3.43. The van der Waals surface area contributed by atoms with Crippen molar-refractivity contribution in [3.05, 3.63) is 70.2 Å².